The van der Waals surface area contributed by atoms with Crippen molar-refractivity contribution in [1.82, 2.24) is 5.32 Å². The van der Waals surface area contributed by atoms with Crippen LogP contribution in [0, 0.1) is 5.92 Å². The van der Waals surface area contributed by atoms with E-state index in [0.29, 0.717) is 18.0 Å². The molecule has 0 fully saturated rings. The molecule has 1 aromatic heterocycles. The number of amides is 2. The van der Waals surface area contributed by atoms with Gasteiger partial charge in [-0.05, 0) is 42.0 Å². The zero-order valence-electron chi connectivity index (χ0n) is 13.6. The average molecular weight is 348 g/mol. The van der Waals surface area contributed by atoms with Gasteiger partial charge in [-0.2, -0.15) is 0 Å². The van der Waals surface area contributed by atoms with Gasteiger partial charge in [0, 0.05) is 16.8 Å². The maximum absolute atomic E-state index is 11.9. The molecule has 0 aliphatic carbocycles. The number of hydrogen-bond acceptors (Lipinski definition) is 4. The molecule has 0 saturated carbocycles. The molecule has 2 aromatic rings. The summed E-state index contributed by atoms with van der Waals surface area (Å²) in [5.74, 6) is -0.984. The summed E-state index contributed by atoms with van der Waals surface area (Å²) in [6.45, 7) is 3.99. The molecule has 0 radical (unpaired) electrons. The number of carbonyl (C=O) groups excluding carboxylic acids is 2. The van der Waals surface area contributed by atoms with Crippen molar-refractivity contribution in [2.75, 3.05) is 11.9 Å². The molecule has 0 unspecified atom stereocenters. The number of carboxylic acid groups (broad SMARTS) is 1. The minimum Gasteiger partial charge on any atom is -0.477 e. The molecule has 2 rings (SSSR count). The number of benzene rings is 1. The fourth-order valence-corrected chi connectivity index (χ4v) is 3.00. The van der Waals surface area contributed by atoms with Crippen molar-refractivity contribution < 1.29 is 19.5 Å². The standard InChI is InChI=1S/C17H20N2O4S/c1-10(2)3-6-15(20)18-9-16(21)19-12-4-5-13-11(7-12)8-14(24-13)17(22)23/h4-5,7-8,10H,3,6,9H2,1-2H3,(H,18,20)(H,19,21)(H,22,23). The Morgan fingerprint density at radius 1 is 1.17 bits per heavy atom. The van der Waals surface area contributed by atoms with Gasteiger partial charge in [-0.1, -0.05) is 13.8 Å². The summed E-state index contributed by atoms with van der Waals surface area (Å²) >= 11 is 1.19. The van der Waals surface area contributed by atoms with E-state index < -0.39 is 5.97 Å². The second-order valence-corrected chi connectivity index (χ2v) is 7.01. The largest absolute Gasteiger partial charge is 0.477 e. The minimum atomic E-state index is -0.967. The first-order chi connectivity index (χ1) is 11.3. The van der Waals surface area contributed by atoms with Crippen LogP contribution in [0.4, 0.5) is 5.69 Å². The minimum absolute atomic E-state index is 0.0843. The van der Waals surface area contributed by atoms with Gasteiger partial charge in [-0.25, -0.2) is 4.79 Å². The van der Waals surface area contributed by atoms with Gasteiger partial charge in [-0.3, -0.25) is 9.59 Å². The van der Waals surface area contributed by atoms with Crippen molar-refractivity contribution >= 4 is 44.9 Å². The van der Waals surface area contributed by atoms with Crippen molar-refractivity contribution in [2.24, 2.45) is 5.92 Å². The smallest absolute Gasteiger partial charge is 0.345 e. The van der Waals surface area contributed by atoms with Gasteiger partial charge < -0.3 is 15.7 Å². The number of rotatable bonds is 7. The van der Waals surface area contributed by atoms with Crippen LogP contribution in [-0.2, 0) is 9.59 Å². The maximum Gasteiger partial charge on any atom is 0.345 e. The predicted molar refractivity (Wildman–Crippen MR) is 94.5 cm³/mol. The number of thiophene rings is 1. The third-order valence-electron chi connectivity index (χ3n) is 3.41. The molecule has 3 N–H and O–H groups in total. The van der Waals surface area contributed by atoms with Gasteiger partial charge in [0.15, 0.2) is 0 Å². The average Bonchev–Trinajstić information content (AvgIpc) is 2.94. The Hall–Kier alpha value is -2.41. The molecular formula is C17H20N2O4S. The summed E-state index contributed by atoms with van der Waals surface area (Å²) in [4.78, 5) is 34.7. The van der Waals surface area contributed by atoms with Crippen LogP contribution in [0.5, 0.6) is 0 Å². The van der Waals surface area contributed by atoms with Crippen LogP contribution in [-0.4, -0.2) is 29.4 Å². The lowest BCUT2D eigenvalue weighted by Gasteiger charge is -2.08. The summed E-state index contributed by atoms with van der Waals surface area (Å²) in [6, 6.07) is 6.77. The number of carboxylic acids is 1. The van der Waals surface area contributed by atoms with Gasteiger partial charge in [0.05, 0.1) is 6.54 Å². The second kappa shape index (κ2) is 7.92. The van der Waals surface area contributed by atoms with E-state index in [0.717, 1.165) is 16.5 Å². The summed E-state index contributed by atoms with van der Waals surface area (Å²) in [5.41, 5.74) is 0.568. The molecule has 0 atom stereocenters. The van der Waals surface area contributed by atoms with Gasteiger partial charge in [0.25, 0.3) is 0 Å². The Morgan fingerprint density at radius 3 is 2.58 bits per heavy atom. The highest BCUT2D eigenvalue weighted by atomic mass is 32.1. The molecule has 1 heterocycles. The van der Waals surface area contributed by atoms with Crippen LogP contribution in [0.15, 0.2) is 24.3 Å². The van der Waals surface area contributed by atoms with Crippen LogP contribution in [0.25, 0.3) is 10.1 Å². The van der Waals surface area contributed by atoms with E-state index in [-0.39, 0.29) is 23.2 Å². The maximum atomic E-state index is 11.9. The van der Waals surface area contributed by atoms with Crippen molar-refractivity contribution in [3.8, 4) is 0 Å². The third kappa shape index (κ3) is 5.06. The van der Waals surface area contributed by atoms with Crippen LogP contribution in [0.1, 0.15) is 36.4 Å². The van der Waals surface area contributed by atoms with Gasteiger partial charge in [-0.15, -0.1) is 11.3 Å². The predicted octanol–water partition coefficient (Wildman–Crippen LogP) is 3.09. The van der Waals surface area contributed by atoms with Crippen LogP contribution >= 0.6 is 11.3 Å². The molecule has 0 bridgehead atoms. The quantitative estimate of drug-likeness (QED) is 0.716. The highest BCUT2D eigenvalue weighted by Gasteiger charge is 2.10. The fourth-order valence-electron chi connectivity index (χ4n) is 2.12. The van der Waals surface area contributed by atoms with Crippen LogP contribution < -0.4 is 10.6 Å². The van der Waals surface area contributed by atoms with Crippen molar-refractivity contribution in [3.63, 3.8) is 0 Å². The summed E-state index contributed by atoms with van der Waals surface area (Å²) in [7, 11) is 0. The van der Waals surface area contributed by atoms with Gasteiger partial charge >= 0.3 is 5.97 Å². The molecule has 128 valence electrons. The SMILES string of the molecule is CC(C)CCC(=O)NCC(=O)Nc1ccc2sc(C(=O)O)cc2c1. The zero-order chi connectivity index (χ0) is 17.7. The first-order valence-electron chi connectivity index (χ1n) is 7.68. The Bertz CT molecular complexity index is 767. The van der Waals surface area contributed by atoms with Crippen molar-refractivity contribution in [3.05, 3.63) is 29.1 Å². The molecule has 0 spiro atoms. The number of hydrogen-bond donors (Lipinski definition) is 3. The van der Waals surface area contributed by atoms with E-state index >= 15 is 0 Å². The molecule has 7 heteroatoms. The molecule has 1 aromatic carbocycles. The lowest BCUT2D eigenvalue weighted by atomic mass is 10.1. The van der Waals surface area contributed by atoms with Crippen molar-refractivity contribution in [2.45, 2.75) is 26.7 Å². The zero-order valence-corrected chi connectivity index (χ0v) is 14.4. The second-order valence-electron chi connectivity index (χ2n) is 5.93. The summed E-state index contributed by atoms with van der Waals surface area (Å²) < 4.78 is 0.840. The first-order valence-corrected chi connectivity index (χ1v) is 8.50. The number of fused-ring (bicyclic) bond motifs is 1. The number of anilines is 1. The van der Waals surface area contributed by atoms with Crippen LogP contribution in [0.2, 0.25) is 0 Å². The van der Waals surface area contributed by atoms with Crippen LogP contribution in [0.3, 0.4) is 0 Å². The molecule has 24 heavy (non-hydrogen) atoms. The Morgan fingerprint density at radius 2 is 1.92 bits per heavy atom. The van der Waals surface area contributed by atoms with E-state index in [9.17, 15) is 14.4 Å². The van der Waals surface area contributed by atoms with Gasteiger partial charge in [0.2, 0.25) is 11.8 Å². The lowest BCUT2D eigenvalue weighted by molar-refractivity contribution is -0.124. The topological polar surface area (TPSA) is 95.5 Å². The molecule has 0 aliphatic heterocycles. The van der Waals surface area contributed by atoms with E-state index in [1.807, 2.05) is 13.8 Å². The van der Waals surface area contributed by atoms with Crippen molar-refractivity contribution in [1.29, 1.82) is 0 Å². The first kappa shape index (κ1) is 17.9. The number of nitrogens with one attached hydrogen (secondary N) is 2. The Balaban J connectivity index is 1.90. The monoisotopic (exact) mass is 348 g/mol. The Labute approximate surface area is 143 Å². The van der Waals surface area contributed by atoms with E-state index in [1.54, 1.807) is 24.3 Å². The fraction of sp³-hybridized carbons (Fsp3) is 0.353. The summed E-state index contributed by atoms with van der Waals surface area (Å²) in [6.07, 6.45) is 1.19. The summed E-state index contributed by atoms with van der Waals surface area (Å²) in [5, 5.41) is 15.0. The molecule has 6 nitrogen and oxygen atoms in total. The highest BCUT2D eigenvalue weighted by molar-refractivity contribution is 7.20. The van der Waals surface area contributed by atoms with E-state index in [1.165, 1.54) is 11.3 Å². The van der Waals surface area contributed by atoms with Gasteiger partial charge in [0.1, 0.15) is 4.88 Å². The Kier molecular flexibility index (Phi) is 5.92. The molecular weight excluding hydrogens is 328 g/mol. The molecule has 0 saturated heterocycles. The molecule has 0 aliphatic rings. The van der Waals surface area contributed by atoms with E-state index in [2.05, 4.69) is 10.6 Å². The lowest BCUT2D eigenvalue weighted by Crippen LogP contribution is -2.32. The highest BCUT2D eigenvalue weighted by Crippen LogP contribution is 2.28. The molecule has 2 amide bonds. The van der Waals surface area contributed by atoms with E-state index in [4.69, 9.17) is 5.11 Å². The number of carbonyl (C=O) groups is 3. The third-order valence-corrected chi connectivity index (χ3v) is 4.51. The number of aromatic carboxylic acids is 1. The normalized spacial score (nSPS) is 10.8.